The molecule has 0 heterocycles. The van der Waals surface area contributed by atoms with E-state index in [0.717, 1.165) is 11.3 Å². The third-order valence-corrected chi connectivity index (χ3v) is 3.30. The van der Waals surface area contributed by atoms with Gasteiger partial charge in [0.25, 0.3) is 0 Å². The maximum Gasteiger partial charge on any atom is 0.0708 e. The maximum atomic E-state index is 4.64. The summed E-state index contributed by atoms with van der Waals surface area (Å²) in [5.74, 6) is 0. The average Bonchev–Trinajstić information content (AvgIpc) is 2.46. The Hall–Kier alpha value is -2.41. The number of hydrogen-bond donors (Lipinski definition) is 0. The number of hydrogen-bond acceptors (Lipinski definition) is 1. The number of benzene rings is 3. The van der Waals surface area contributed by atoms with E-state index in [1.807, 2.05) is 24.4 Å². The Morgan fingerprint density at radius 3 is 2.42 bits per heavy atom. The highest BCUT2D eigenvalue weighted by atomic mass is 14.7. The molecule has 0 amide bonds. The molecule has 19 heavy (non-hydrogen) atoms. The van der Waals surface area contributed by atoms with Crippen LogP contribution in [0.2, 0.25) is 0 Å². The predicted molar refractivity (Wildman–Crippen MR) is 82.4 cm³/mol. The first-order valence-electron chi connectivity index (χ1n) is 6.42. The van der Waals surface area contributed by atoms with E-state index in [4.69, 9.17) is 0 Å². The quantitative estimate of drug-likeness (QED) is 0.569. The van der Waals surface area contributed by atoms with Gasteiger partial charge in [-0.1, -0.05) is 60.7 Å². The van der Waals surface area contributed by atoms with Crippen LogP contribution in [-0.2, 0) is 0 Å². The summed E-state index contributed by atoms with van der Waals surface area (Å²) < 4.78 is 0. The van der Waals surface area contributed by atoms with Gasteiger partial charge >= 0.3 is 0 Å². The molecule has 0 unspecified atom stereocenters. The fraction of sp³-hybridized carbons (Fsp3) is 0.0556. The Balaban J connectivity index is 2.04. The van der Waals surface area contributed by atoms with Crippen LogP contribution < -0.4 is 0 Å². The van der Waals surface area contributed by atoms with Crippen molar-refractivity contribution < 1.29 is 0 Å². The lowest BCUT2D eigenvalue weighted by atomic mass is 10.1. The molecule has 0 aliphatic rings. The summed E-state index contributed by atoms with van der Waals surface area (Å²) in [6, 6.07) is 22.8. The molecule has 1 nitrogen and oxygen atoms in total. The average molecular weight is 245 g/mol. The second-order valence-corrected chi connectivity index (χ2v) is 4.61. The van der Waals surface area contributed by atoms with Crippen molar-refractivity contribution in [1.29, 1.82) is 0 Å². The van der Waals surface area contributed by atoms with Gasteiger partial charge in [-0.05, 0) is 29.5 Å². The Morgan fingerprint density at radius 2 is 1.53 bits per heavy atom. The van der Waals surface area contributed by atoms with E-state index < -0.39 is 0 Å². The zero-order valence-corrected chi connectivity index (χ0v) is 10.9. The Morgan fingerprint density at radius 1 is 0.789 bits per heavy atom. The maximum absolute atomic E-state index is 4.64. The zero-order chi connectivity index (χ0) is 13.1. The zero-order valence-electron chi connectivity index (χ0n) is 10.9. The number of aryl methyl sites for hydroxylation is 1. The first-order chi connectivity index (χ1) is 9.34. The Bertz CT molecular complexity index is 736. The van der Waals surface area contributed by atoms with Gasteiger partial charge in [0, 0.05) is 11.6 Å². The van der Waals surface area contributed by atoms with Crippen molar-refractivity contribution in [3.63, 3.8) is 0 Å². The molecule has 3 rings (SSSR count). The summed E-state index contributed by atoms with van der Waals surface area (Å²) >= 11 is 0. The smallest absolute Gasteiger partial charge is 0.0708 e. The summed E-state index contributed by atoms with van der Waals surface area (Å²) in [6.45, 7) is 2.10. The molecule has 1 heteroatoms. The largest absolute Gasteiger partial charge is 0.256 e. The van der Waals surface area contributed by atoms with E-state index in [2.05, 4.69) is 60.4 Å². The molecule has 0 saturated heterocycles. The van der Waals surface area contributed by atoms with Crippen LogP contribution in [0.5, 0.6) is 0 Å². The first kappa shape index (κ1) is 11.7. The number of aliphatic imine (C=N–C) groups is 1. The molecule has 3 aromatic rings. The van der Waals surface area contributed by atoms with Gasteiger partial charge in [-0.25, -0.2) is 0 Å². The van der Waals surface area contributed by atoms with E-state index in [0.29, 0.717) is 0 Å². The lowest BCUT2D eigenvalue weighted by Gasteiger charge is -2.02. The summed E-state index contributed by atoms with van der Waals surface area (Å²) in [6.07, 6.45) is 1.94. The molecule has 92 valence electrons. The van der Waals surface area contributed by atoms with E-state index >= 15 is 0 Å². The molecule has 0 aliphatic carbocycles. The second kappa shape index (κ2) is 5.07. The van der Waals surface area contributed by atoms with Crippen molar-refractivity contribution in [2.45, 2.75) is 6.92 Å². The summed E-state index contributed by atoms with van der Waals surface area (Å²) in [7, 11) is 0. The number of fused-ring (bicyclic) bond motifs is 1. The summed E-state index contributed by atoms with van der Waals surface area (Å²) in [5.41, 5.74) is 3.42. The van der Waals surface area contributed by atoms with Gasteiger partial charge in [-0.2, -0.15) is 0 Å². The fourth-order valence-corrected chi connectivity index (χ4v) is 2.19. The van der Waals surface area contributed by atoms with Gasteiger partial charge in [-0.15, -0.1) is 0 Å². The van der Waals surface area contributed by atoms with Crippen molar-refractivity contribution >= 4 is 22.7 Å². The van der Waals surface area contributed by atoms with Crippen LogP contribution in [0.15, 0.2) is 71.7 Å². The van der Waals surface area contributed by atoms with Gasteiger partial charge in [0.05, 0.1) is 5.69 Å². The molecule has 0 radical (unpaired) electrons. The van der Waals surface area contributed by atoms with Gasteiger partial charge in [0.2, 0.25) is 0 Å². The molecule has 0 aliphatic heterocycles. The van der Waals surface area contributed by atoms with Gasteiger partial charge < -0.3 is 0 Å². The standard InChI is InChI=1S/C18H15N/c1-14-7-2-3-9-16(14)13-19-18-12-6-10-15-8-4-5-11-17(15)18/h2-13H,1H3. The molecule has 0 bridgehead atoms. The molecule has 0 spiro atoms. The molecule has 0 saturated carbocycles. The van der Waals surface area contributed by atoms with Gasteiger partial charge in [0.1, 0.15) is 0 Å². The normalized spacial score (nSPS) is 11.2. The molecule has 0 aromatic heterocycles. The van der Waals surface area contributed by atoms with Crippen molar-refractivity contribution in [1.82, 2.24) is 0 Å². The van der Waals surface area contributed by atoms with Crippen LogP contribution >= 0.6 is 0 Å². The van der Waals surface area contributed by atoms with Crippen LogP contribution in [0.1, 0.15) is 11.1 Å². The Labute approximate surface area is 113 Å². The van der Waals surface area contributed by atoms with E-state index in [1.54, 1.807) is 0 Å². The first-order valence-corrected chi connectivity index (χ1v) is 6.42. The number of nitrogens with zero attached hydrogens (tertiary/aromatic N) is 1. The lowest BCUT2D eigenvalue weighted by molar-refractivity contribution is 1.44. The molecular weight excluding hydrogens is 230 g/mol. The minimum absolute atomic E-state index is 1.02. The topological polar surface area (TPSA) is 12.4 Å². The minimum Gasteiger partial charge on any atom is -0.256 e. The monoisotopic (exact) mass is 245 g/mol. The molecule has 3 aromatic carbocycles. The van der Waals surface area contributed by atoms with Gasteiger partial charge in [0.15, 0.2) is 0 Å². The minimum atomic E-state index is 1.02. The third-order valence-electron chi connectivity index (χ3n) is 3.30. The highest BCUT2D eigenvalue weighted by Gasteiger charge is 1.98. The van der Waals surface area contributed by atoms with Crippen LogP contribution in [0, 0.1) is 6.92 Å². The van der Waals surface area contributed by atoms with E-state index in [1.165, 1.54) is 16.3 Å². The predicted octanol–water partition coefficient (Wildman–Crippen LogP) is 4.90. The fourth-order valence-electron chi connectivity index (χ4n) is 2.19. The van der Waals surface area contributed by atoms with Crippen LogP contribution in [0.4, 0.5) is 5.69 Å². The van der Waals surface area contributed by atoms with Crippen molar-refractivity contribution in [2.24, 2.45) is 4.99 Å². The molecule has 0 atom stereocenters. The van der Waals surface area contributed by atoms with Crippen molar-refractivity contribution in [3.8, 4) is 0 Å². The van der Waals surface area contributed by atoms with Crippen LogP contribution in [0.25, 0.3) is 10.8 Å². The lowest BCUT2D eigenvalue weighted by Crippen LogP contribution is -1.85. The summed E-state index contributed by atoms with van der Waals surface area (Å²) in [4.78, 5) is 4.64. The Kier molecular flexibility index (Phi) is 3.11. The molecule has 0 N–H and O–H groups in total. The van der Waals surface area contributed by atoms with Crippen LogP contribution in [-0.4, -0.2) is 6.21 Å². The highest BCUT2D eigenvalue weighted by Crippen LogP contribution is 2.25. The summed E-state index contributed by atoms with van der Waals surface area (Å²) in [5, 5.41) is 2.41. The van der Waals surface area contributed by atoms with E-state index in [9.17, 15) is 0 Å². The van der Waals surface area contributed by atoms with Gasteiger partial charge in [-0.3, -0.25) is 4.99 Å². The molecule has 0 fully saturated rings. The van der Waals surface area contributed by atoms with Crippen molar-refractivity contribution in [3.05, 3.63) is 77.9 Å². The van der Waals surface area contributed by atoms with E-state index in [-0.39, 0.29) is 0 Å². The second-order valence-electron chi connectivity index (χ2n) is 4.61. The van der Waals surface area contributed by atoms with Crippen molar-refractivity contribution in [2.75, 3.05) is 0 Å². The third kappa shape index (κ3) is 2.41. The SMILES string of the molecule is Cc1ccccc1C=Nc1cccc2ccccc12. The number of rotatable bonds is 2. The van der Waals surface area contributed by atoms with Crippen LogP contribution in [0.3, 0.4) is 0 Å². The molecular formula is C18H15N. The highest BCUT2D eigenvalue weighted by molar-refractivity contribution is 5.95.